The summed E-state index contributed by atoms with van der Waals surface area (Å²) in [4.78, 5) is 25.1. The van der Waals surface area contributed by atoms with Crippen molar-refractivity contribution in [1.29, 1.82) is 0 Å². The van der Waals surface area contributed by atoms with Gasteiger partial charge in [-0.15, -0.1) is 5.10 Å². The molecule has 0 unspecified atom stereocenters. The van der Waals surface area contributed by atoms with Crippen LogP contribution in [0.2, 0.25) is 0 Å². The number of carboxylic acid groups (broad SMARTS) is 1. The lowest BCUT2D eigenvalue weighted by molar-refractivity contribution is -0.385. The van der Waals surface area contributed by atoms with Crippen molar-refractivity contribution in [1.82, 2.24) is 25.2 Å². The Hall–Kier alpha value is -2.56. The van der Waals surface area contributed by atoms with E-state index in [4.69, 9.17) is 5.11 Å². The van der Waals surface area contributed by atoms with Crippen molar-refractivity contribution in [2.24, 2.45) is 0 Å². The fourth-order valence-electron chi connectivity index (χ4n) is 1.66. The standard InChI is InChI=1S/C10H8N6O4S/c17-9(18)7-3-6(16(19)20)4-11-8(7)21-10-12-13-14-15(10)5-1-2-5/h3-5H,1-2H2,(H,17,18). The maximum atomic E-state index is 11.2. The Morgan fingerprint density at radius 1 is 1.52 bits per heavy atom. The smallest absolute Gasteiger partial charge is 0.338 e. The van der Waals surface area contributed by atoms with Gasteiger partial charge in [0.15, 0.2) is 0 Å². The van der Waals surface area contributed by atoms with Crippen LogP contribution in [0.4, 0.5) is 5.69 Å². The summed E-state index contributed by atoms with van der Waals surface area (Å²) in [5.74, 6) is -1.29. The van der Waals surface area contributed by atoms with E-state index >= 15 is 0 Å². The van der Waals surface area contributed by atoms with Crippen molar-refractivity contribution >= 4 is 23.4 Å². The van der Waals surface area contributed by atoms with Crippen LogP contribution in [0.15, 0.2) is 22.4 Å². The third kappa shape index (κ3) is 2.67. The molecule has 0 spiro atoms. The fraction of sp³-hybridized carbons (Fsp3) is 0.300. The van der Waals surface area contributed by atoms with Gasteiger partial charge in [0.1, 0.15) is 11.2 Å². The van der Waals surface area contributed by atoms with E-state index in [1.807, 2.05) is 0 Å². The number of nitrogens with zero attached hydrogens (tertiary/aromatic N) is 6. The van der Waals surface area contributed by atoms with Gasteiger partial charge in [0.25, 0.3) is 5.69 Å². The number of rotatable bonds is 5. The van der Waals surface area contributed by atoms with Crippen molar-refractivity contribution in [3.05, 3.63) is 27.9 Å². The Balaban J connectivity index is 1.95. The second kappa shape index (κ2) is 5.09. The van der Waals surface area contributed by atoms with Gasteiger partial charge in [0, 0.05) is 6.07 Å². The quantitative estimate of drug-likeness (QED) is 0.636. The van der Waals surface area contributed by atoms with Gasteiger partial charge in [0.2, 0.25) is 5.16 Å². The Labute approximate surface area is 121 Å². The summed E-state index contributed by atoms with van der Waals surface area (Å²) in [7, 11) is 0. The monoisotopic (exact) mass is 308 g/mol. The summed E-state index contributed by atoms with van der Waals surface area (Å²) in [6.07, 6.45) is 2.95. The number of pyridine rings is 1. The number of hydrogen-bond acceptors (Lipinski definition) is 8. The minimum atomic E-state index is -1.29. The molecule has 0 bridgehead atoms. The highest BCUT2D eigenvalue weighted by Gasteiger charge is 2.29. The first-order chi connectivity index (χ1) is 10.1. The van der Waals surface area contributed by atoms with Gasteiger partial charge in [-0.2, -0.15) is 0 Å². The molecule has 3 rings (SSSR count). The van der Waals surface area contributed by atoms with Crippen molar-refractivity contribution in [2.75, 3.05) is 0 Å². The van der Waals surface area contributed by atoms with Gasteiger partial charge in [-0.25, -0.2) is 14.5 Å². The molecule has 1 N–H and O–H groups in total. The zero-order valence-electron chi connectivity index (χ0n) is 10.4. The van der Waals surface area contributed by atoms with Crippen LogP contribution in [0.1, 0.15) is 29.2 Å². The van der Waals surface area contributed by atoms with E-state index in [2.05, 4.69) is 20.5 Å². The zero-order valence-corrected chi connectivity index (χ0v) is 11.2. The van der Waals surface area contributed by atoms with Crippen molar-refractivity contribution < 1.29 is 14.8 Å². The summed E-state index contributed by atoms with van der Waals surface area (Å²) in [6.45, 7) is 0. The second-order valence-electron chi connectivity index (χ2n) is 4.35. The molecule has 2 aromatic heterocycles. The SMILES string of the molecule is O=C(O)c1cc([N+](=O)[O-])cnc1Sc1nnnn1C1CC1. The summed E-state index contributed by atoms with van der Waals surface area (Å²) in [5, 5.41) is 31.6. The van der Waals surface area contributed by atoms with Crippen molar-refractivity contribution in [2.45, 2.75) is 29.1 Å². The number of carbonyl (C=O) groups is 1. The Morgan fingerprint density at radius 2 is 2.29 bits per heavy atom. The molecule has 1 fully saturated rings. The number of nitro groups is 1. The Kier molecular flexibility index (Phi) is 3.25. The molecule has 1 aliphatic carbocycles. The number of aromatic carboxylic acids is 1. The molecule has 0 amide bonds. The average molecular weight is 308 g/mol. The van der Waals surface area contributed by atoms with Gasteiger partial charge in [-0.05, 0) is 35.0 Å². The van der Waals surface area contributed by atoms with Crippen LogP contribution in [0.25, 0.3) is 0 Å². The molecule has 0 aromatic carbocycles. The predicted octanol–water partition coefficient (Wildman–Crippen LogP) is 1.16. The van der Waals surface area contributed by atoms with Gasteiger partial charge in [-0.3, -0.25) is 10.1 Å². The van der Waals surface area contributed by atoms with Crippen LogP contribution in [-0.4, -0.2) is 41.2 Å². The summed E-state index contributed by atoms with van der Waals surface area (Å²) >= 11 is 0.977. The number of tetrazole rings is 1. The fourth-order valence-corrected chi connectivity index (χ4v) is 2.55. The molecule has 2 heterocycles. The lowest BCUT2D eigenvalue weighted by Crippen LogP contribution is -2.04. The molecule has 108 valence electrons. The van der Waals surface area contributed by atoms with E-state index < -0.39 is 10.9 Å². The highest BCUT2D eigenvalue weighted by Crippen LogP contribution is 2.38. The maximum absolute atomic E-state index is 11.2. The zero-order chi connectivity index (χ0) is 15.0. The maximum Gasteiger partial charge on any atom is 0.338 e. The van der Waals surface area contributed by atoms with E-state index in [0.717, 1.165) is 36.9 Å². The highest BCUT2D eigenvalue weighted by molar-refractivity contribution is 7.99. The molecule has 1 saturated carbocycles. The minimum absolute atomic E-state index is 0.116. The first kappa shape index (κ1) is 13.4. The van der Waals surface area contributed by atoms with E-state index in [9.17, 15) is 14.9 Å². The Morgan fingerprint density at radius 3 is 2.90 bits per heavy atom. The number of hydrogen-bond donors (Lipinski definition) is 1. The van der Waals surface area contributed by atoms with Crippen LogP contribution in [0, 0.1) is 10.1 Å². The Bertz CT molecular complexity index is 728. The lowest BCUT2D eigenvalue weighted by Gasteiger charge is -2.04. The van der Waals surface area contributed by atoms with Crippen LogP contribution in [-0.2, 0) is 0 Å². The molecule has 21 heavy (non-hydrogen) atoms. The van der Waals surface area contributed by atoms with Gasteiger partial charge in [-0.1, -0.05) is 0 Å². The first-order valence-corrected chi connectivity index (χ1v) is 6.71. The summed E-state index contributed by atoms with van der Waals surface area (Å²) in [6, 6.07) is 1.21. The van der Waals surface area contributed by atoms with Crippen molar-refractivity contribution in [3.8, 4) is 0 Å². The molecular formula is C10H8N6O4S. The first-order valence-electron chi connectivity index (χ1n) is 5.89. The molecule has 1 aliphatic rings. The minimum Gasteiger partial charge on any atom is -0.478 e. The normalized spacial score (nSPS) is 14.1. The molecule has 0 radical (unpaired) electrons. The average Bonchev–Trinajstić information content (AvgIpc) is 3.19. The van der Waals surface area contributed by atoms with Crippen LogP contribution >= 0.6 is 11.8 Å². The number of carboxylic acids is 1. The largest absolute Gasteiger partial charge is 0.478 e. The van der Waals surface area contributed by atoms with Crippen LogP contribution in [0.3, 0.4) is 0 Å². The van der Waals surface area contributed by atoms with Gasteiger partial charge < -0.3 is 5.11 Å². The molecule has 10 nitrogen and oxygen atoms in total. The summed E-state index contributed by atoms with van der Waals surface area (Å²) in [5.41, 5.74) is -0.627. The second-order valence-corrected chi connectivity index (χ2v) is 5.30. The third-order valence-corrected chi connectivity index (χ3v) is 3.79. The van der Waals surface area contributed by atoms with Crippen LogP contribution < -0.4 is 0 Å². The highest BCUT2D eigenvalue weighted by atomic mass is 32.2. The topological polar surface area (TPSA) is 137 Å². The molecule has 0 atom stereocenters. The van der Waals surface area contributed by atoms with E-state index in [1.165, 1.54) is 0 Å². The number of aromatic nitrogens is 5. The van der Waals surface area contributed by atoms with Crippen LogP contribution in [0.5, 0.6) is 0 Å². The van der Waals surface area contributed by atoms with E-state index in [0.29, 0.717) is 5.16 Å². The van der Waals surface area contributed by atoms with E-state index in [-0.39, 0.29) is 22.3 Å². The molecular weight excluding hydrogens is 300 g/mol. The molecule has 11 heteroatoms. The third-order valence-electron chi connectivity index (χ3n) is 2.82. The molecule has 2 aromatic rings. The molecule has 0 aliphatic heterocycles. The van der Waals surface area contributed by atoms with Crippen molar-refractivity contribution in [3.63, 3.8) is 0 Å². The van der Waals surface area contributed by atoms with E-state index in [1.54, 1.807) is 4.68 Å². The van der Waals surface area contributed by atoms with Gasteiger partial charge >= 0.3 is 5.97 Å². The van der Waals surface area contributed by atoms with Gasteiger partial charge in [0.05, 0.1) is 16.5 Å². The molecule has 0 saturated heterocycles. The summed E-state index contributed by atoms with van der Waals surface area (Å²) < 4.78 is 1.61. The predicted molar refractivity (Wildman–Crippen MR) is 68.1 cm³/mol. The lowest BCUT2D eigenvalue weighted by atomic mass is 10.3.